The number of halogens is 1. The summed E-state index contributed by atoms with van der Waals surface area (Å²) in [5.41, 5.74) is 2.64. The van der Waals surface area contributed by atoms with Crippen LogP contribution in [0.5, 0.6) is 0 Å². The summed E-state index contributed by atoms with van der Waals surface area (Å²) in [6.45, 7) is -0.701. The van der Waals surface area contributed by atoms with Gasteiger partial charge >= 0.3 is 12.1 Å². The molecular formula is C23H19FN4O3. The molecule has 1 heterocycles. The minimum atomic E-state index is -0.911. The Morgan fingerprint density at radius 3 is 2.58 bits per heavy atom. The van der Waals surface area contributed by atoms with Gasteiger partial charge in [0.1, 0.15) is 6.67 Å². The molecule has 0 aromatic heterocycles. The van der Waals surface area contributed by atoms with Crippen molar-refractivity contribution in [1.29, 1.82) is 5.26 Å². The van der Waals surface area contributed by atoms with Crippen molar-refractivity contribution in [1.82, 2.24) is 10.2 Å². The van der Waals surface area contributed by atoms with E-state index in [9.17, 15) is 18.8 Å². The largest absolute Gasteiger partial charge is 0.341 e. The molecule has 1 atom stereocenters. The number of alkyl halides is 1. The van der Waals surface area contributed by atoms with Gasteiger partial charge in [0, 0.05) is 24.7 Å². The van der Waals surface area contributed by atoms with Gasteiger partial charge in [0.15, 0.2) is 5.78 Å². The summed E-state index contributed by atoms with van der Waals surface area (Å²) in [6.07, 6.45) is 0.555. The van der Waals surface area contributed by atoms with Gasteiger partial charge in [0.25, 0.3) is 0 Å². The lowest BCUT2D eigenvalue weighted by Gasteiger charge is -2.40. The van der Waals surface area contributed by atoms with Crippen LogP contribution in [-0.4, -0.2) is 29.8 Å². The maximum absolute atomic E-state index is 13.6. The molecule has 0 saturated heterocycles. The molecule has 31 heavy (non-hydrogen) atoms. The smallest absolute Gasteiger partial charge is 0.337 e. The number of nitriles is 1. The number of carbonyl (C=O) groups excluding carboxylic acids is 3. The third kappa shape index (κ3) is 3.34. The van der Waals surface area contributed by atoms with Crippen molar-refractivity contribution in [3.8, 4) is 6.07 Å². The van der Waals surface area contributed by atoms with Gasteiger partial charge in [0.05, 0.1) is 23.4 Å². The van der Waals surface area contributed by atoms with Crippen molar-refractivity contribution in [2.24, 2.45) is 0 Å². The van der Waals surface area contributed by atoms with E-state index in [4.69, 9.17) is 5.26 Å². The highest BCUT2D eigenvalue weighted by atomic mass is 19.1. The lowest BCUT2D eigenvalue weighted by atomic mass is 9.92. The Morgan fingerprint density at radius 1 is 1.19 bits per heavy atom. The van der Waals surface area contributed by atoms with Crippen molar-refractivity contribution in [2.75, 3.05) is 11.9 Å². The Labute approximate surface area is 178 Å². The zero-order valence-corrected chi connectivity index (χ0v) is 16.8. The average Bonchev–Trinajstić information content (AvgIpc) is 3.18. The number of Topliss-reactive ketones (excluding diaryl/α,β-unsaturated/α-hetero) is 1. The van der Waals surface area contributed by atoms with E-state index in [1.54, 1.807) is 42.5 Å². The van der Waals surface area contributed by atoms with Crippen LogP contribution in [0.3, 0.4) is 0 Å². The molecule has 156 valence electrons. The van der Waals surface area contributed by atoms with Gasteiger partial charge in [0.2, 0.25) is 0 Å². The predicted octanol–water partition coefficient (Wildman–Crippen LogP) is 3.97. The number of anilines is 1. The molecule has 7 nitrogen and oxygen atoms in total. The van der Waals surface area contributed by atoms with Gasteiger partial charge in [-0.2, -0.15) is 5.26 Å². The zero-order chi connectivity index (χ0) is 22.1. The third-order valence-corrected chi connectivity index (χ3v) is 5.51. The van der Waals surface area contributed by atoms with E-state index in [1.165, 1.54) is 18.0 Å². The highest BCUT2D eigenvalue weighted by Crippen LogP contribution is 2.45. The summed E-state index contributed by atoms with van der Waals surface area (Å²) in [7, 11) is 1.40. The number of rotatable bonds is 3. The maximum atomic E-state index is 13.6. The monoisotopic (exact) mass is 418 g/mol. The fourth-order valence-electron chi connectivity index (χ4n) is 4.09. The Bertz CT molecular complexity index is 1150. The van der Waals surface area contributed by atoms with Gasteiger partial charge in [-0.3, -0.25) is 9.69 Å². The number of carbonyl (C=O) groups is 3. The minimum absolute atomic E-state index is 0.155. The fourth-order valence-corrected chi connectivity index (χ4v) is 4.09. The molecule has 0 fully saturated rings. The highest BCUT2D eigenvalue weighted by molar-refractivity contribution is 6.12. The Hall–Kier alpha value is -3.99. The second-order valence-corrected chi connectivity index (χ2v) is 7.27. The van der Waals surface area contributed by atoms with Crippen molar-refractivity contribution < 1.29 is 18.8 Å². The van der Waals surface area contributed by atoms with E-state index in [2.05, 4.69) is 5.32 Å². The van der Waals surface area contributed by atoms with Crippen molar-refractivity contribution >= 4 is 23.5 Å². The molecule has 0 radical (unpaired) electrons. The van der Waals surface area contributed by atoms with Crippen LogP contribution in [0.25, 0.3) is 0 Å². The Balaban J connectivity index is 1.93. The number of nitrogens with zero attached hydrogens (tertiary/aromatic N) is 3. The van der Waals surface area contributed by atoms with Crippen LogP contribution in [-0.2, 0) is 11.5 Å². The topological polar surface area (TPSA) is 93.5 Å². The van der Waals surface area contributed by atoms with Crippen molar-refractivity contribution in [2.45, 2.75) is 25.6 Å². The van der Waals surface area contributed by atoms with Crippen LogP contribution in [0.2, 0.25) is 0 Å². The minimum Gasteiger partial charge on any atom is -0.341 e. The highest BCUT2D eigenvalue weighted by Gasteiger charge is 2.48. The van der Waals surface area contributed by atoms with E-state index in [-0.39, 0.29) is 12.2 Å². The first-order chi connectivity index (χ1) is 15.0. The number of urea groups is 2. The normalized spacial score (nSPS) is 18.2. The molecule has 0 unspecified atom stereocenters. The van der Waals surface area contributed by atoms with Gasteiger partial charge < -0.3 is 5.32 Å². The molecule has 0 bridgehead atoms. The first-order valence-electron chi connectivity index (χ1n) is 9.76. The van der Waals surface area contributed by atoms with Gasteiger partial charge in [-0.15, -0.1) is 0 Å². The van der Waals surface area contributed by atoms with Crippen LogP contribution in [0.4, 0.5) is 19.7 Å². The van der Waals surface area contributed by atoms with Crippen LogP contribution >= 0.6 is 0 Å². The van der Waals surface area contributed by atoms with Crippen LogP contribution in [0.1, 0.15) is 35.6 Å². The summed E-state index contributed by atoms with van der Waals surface area (Å²) < 4.78 is 13.2. The van der Waals surface area contributed by atoms with Crippen molar-refractivity contribution in [3.63, 3.8) is 0 Å². The summed E-state index contributed by atoms with van der Waals surface area (Å²) in [5, 5.41) is 11.5. The number of allylic oxidation sites excluding steroid dienone is 1. The standard InChI is InChI=1S/C23H19FN4O3/c1-26-22(30)28-21(16-7-5-14(13-25)6-8-16)20-18(9-10-19(20)29)27(23(28)31)17-4-2-3-15(11-17)12-24/h2-8,11,21H,9-10,12H2,1H3,(H,26,30)/t21-/m0/s1. The first-order valence-corrected chi connectivity index (χ1v) is 9.76. The number of benzene rings is 2. The number of hydrogen-bond donors (Lipinski definition) is 1. The predicted molar refractivity (Wildman–Crippen MR) is 111 cm³/mol. The van der Waals surface area contributed by atoms with Crippen molar-refractivity contribution in [3.05, 3.63) is 76.5 Å². The molecule has 0 saturated carbocycles. The lowest BCUT2D eigenvalue weighted by molar-refractivity contribution is -0.115. The van der Waals surface area contributed by atoms with E-state index in [0.29, 0.717) is 40.1 Å². The van der Waals surface area contributed by atoms with Gasteiger partial charge in [-0.1, -0.05) is 24.3 Å². The Kier molecular flexibility index (Phi) is 5.26. The van der Waals surface area contributed by atoms with Crippen LogP contribution < -0.4 is 10.2 Å². The van der Waals surface area contributed by atoms with Crippen LogP contribution in [0.15, 0.2) is 59.8 Å². The fraction of sp³-hybridized carbons (Fsp3) is 0.217. The van der Waals surface area contributed by atoms with E-state index in [0.717, 1.165) is 4.90 Å². The molecule has 1 N–H and O–H groups in total. The number of hydrogen-bond acceptors (Lipinski definition) is 4. The molecule has 4 rings (SSSR count). The summed E-state index contributed by atoms with van der Waals surface area (Å²) in [6, 6.07) is 12.7. The SMILES string of the molecule is CNC(=O)N1C(=O)N(c2cccc(CF)c2)C2=C(C(=O)CC2)[C@@H]1c1ccc(C#N)cc1. The van der Waals surface area contributed by atoms with E-state index >= 15 is 0 Å². The number of ketones is 1. The summed E-state index contributed by atoms with van der Waals surface area (Å²) >= 11 is 0. The summed E-state index contributed by atoms with van der Waals surface area (Å²) in [5.74, 6) is -0.155. The Morgan fingerprint density at radius 2 is 1.94 bits per heavy atom. The number of imide groups is 1. The van der Waals surface area contributed by atoms with E-state index in [1.807, 2.05) is 6.07 Å². The van der Waals surface area contributed by atoms with Crippen LogP contribution in [0, 0.1) is 11.3 Å². The molecule has 2 aromatic carbocycles. The van der Waals surface area contributed by atoms with Gasteiger partial charge in [-0.05, 0) is 41.8 Å². The number of nitrogens with one attached hydrogen (secondary N) is 1. The third-order valence-electron chi connectivity index (χ3n) is 5.51. The quantitative estimate of drug-likeness (QED) is 0.816. The molecule has 1 aliphatic heterocycles. The molecule has 0 spiro atoms. The average molecular weight is 418 g/mol. The maximum Gasteiger partial charge on any atom is 0.337 e. The summed E-state index contributed by atoms with van der Waals surface area (Å²) in [4.78, 5) is 41.6. The molecule has 1 aliphatic carbocycles. The molecule has 4 amide bonds. The second kappa shape index (κ2) is 8.03. The zero-order valence-electron chi connectivity index (χ0n) is 16.8. The lowest BCUT2D eigenvalue weighted by Crippen LogP contribution is -2.54. The van der Waals surface area contributed by atoms with Gasteiger partial charge in [-0.25, -0.2) is 18.9 Å². The number of amides is 4. The first kappa shape index (κ1) is 20.3. The van der Waals surface area contributed by atoms with E-state index < -0.39 is 24.8 Å². The molecule has 2 aliphatic rings. The second-order valence-electron chi connectivity index (χ2n) is 7.27. The molecule has 2 aromatic rings. The molecular weight excluding hydrogens is 399 g/mol. The molecule has 8 heteroatoms.